The van der Waals surface area contributed by atoms with E-state index in [0.29, 0.717) is 5.92 Å². The minimum atomic E-state index is -0.404. The van der Waals surface area contributed by atoms with Crippen LogP contribution < -0.4 is 21.7 Å². The van der Waals surface area contributed by atoms with Gasteiger partial charge >= 0.3 is 0 Å². The maximum atomic E-state index is 5.82. The number of nitrogens with two attached hydrogens (primary N) is 2. The lowest BCUT2D eigenvalue weighted by molar-refractivity contribution is 0.400. The van der Waals surface area contributed by atoms with Crippen LogP contribution in [0.25, 0.3) is 0 Å². The summed E-state index contributed by atoms with van der Waals surface area (Å²) in [7, 11) is 1.62. The third-order valence-electron chi connectivity index (χ3n) is 2.44. The van der Waals surface area contributed by atoms with Gasteiger partial charge in [0.2, 0.25) is 0 Å². The van der Waals surface area contributed by atoms with E-state index in [1.165, 1.54) is 5.56 Å². The molecule has 0 fully saturated rings. The molecule has 1 unspecified atom stereocenters. The van der Waals surface area contributed by atoms with E-state index in [0.717, 1.165) is 11.3 Å². The molecule has 5 N–H and O–H groups in total. The van der Waals surface area contributed by atoms with Gasteiger partial charge in [0.05, 0.1) is 13.3 Å². The molecule has 0 saturated heterocycles. The Hall–Kier alpha value is -1.10. The molecule has 1 aromatic carbocycles. The van der Waals surface area contributed by atoms with Crippen LogP contribution in [-0.4, -0.2) is 7.11 Å². The number of hydrazine groups is 1. The maximum Gasteiger partial charge on any atom is 0.125 e. The molecule has 84 valence electrons. The zero-order valence-electron chi connectivity index (χ0n) is 9.45. The van der Waals surface area contributed by atoms with Crippen LogP contribution in [0.5, 0.6) is 5.75 Å². The predicted molar refractivity (Wildman–Crippen MR) is 61.3 cm³/mol. The van der Waals surface area contributed by atoms with Crippen LogP contribution in [0.4, 0.5) is 0 Å². The number of hydrogen-bond donors (Lipinski definition) is 3. The van der Waals surface area contributed by atoms with Gasteiger partial charge in [-0.25, -0.2) is 5.43 Å². The van der Waals surface area contributed by atoms with E-state index in [1.54, 1.807) is 7.11 Å². The molecule has 4 heteroatoms. The zero-order valence-corrected chi connectivity index (χ0v) is 9.45. The highest BCUT2D eigenvalue weighted by Gasteiger charge is 2.12. The first kappa shape index (κ1) is 12.0. The standard InChI is InChI=1S/C11H19N3O/c1-7(2)8-4-5-10(15-3)9(6-8)11(12)14-13/h4-7,11,14H,12-13H2,1-3H3. The fourth-order valence-corrected chi connectivity index (χ4v) is 1.44. The summed E-state index contributed by atoms with van der Waals surface area (Å²) in [5.41, 5.74) is 10.4. The Morgan fingerprint density at radius 3 is 2.47 bits per heavy atom. The third-order valence-corrected chi connectivity index (χ3v) is 2.44. The van der Waals surface area contributed by atoms with Crippen LogP contribution in [0, 0.1) is 0 Å². The van der Waals surface area contributed by atoms with Crippen molar-refractivity contribution < 1.29 is 4.74 Å². The number of ether oxygens (including phenoxy) is 1. The summed E-state index contributed by atoms with van der Waals surface area (Å²) < 4.78 is 5.23. The molecule has 0 aliphatic rings. The Morgan fingerprint density at radius 2 is 2.00 bits per heavy atom. The van der Waals surface area contributed by atoms with Crippen molar-refractivity contribution >= 4 is 0 Å². The van der Waals surface area contributed by atoms with E-state index in [1.807, 2.05) is 18.2 Å². The summed E-state index contributed by atoms with van der Waals surface area (Å²) >= 11 is 0. The third kappa shape index (κ3) is 2.68. The topological polar surface area (TPSA) is 73.3 Å². The largest absolute Gasteiger partial charge is 0.496 e. The quantitative estimate of drug-likeness (QED) is 0.396. The highest BCUT2D eigenvalue weighted by atomic mass is 16.5. The number of methoxy groups -OCH3 is 1. The number of rotatable bonds is 4. The number of benzene rings is 1. The summed E-state index contributed by atoms with van der Waals surface area (Å²) in [6, 6.07) is 5.98. The van der Waals surface area contributed by atoms with Crippen LogP contribution in [0.2, 0.25) is 0 Å². The SMILES string of the molecule is COc1ccc(C(C)C)cc1C(N)NN. The Kier molecular flexibility index (Phi) is 4.08. The molecule has 0 amide bonds. The van der Waals surface area contributed by atoms with Gasteiger partial charge in [0.1, 0.15) is 5.75 Å². The van der Waals surface area contributed by atoms with Gasteiger partial charge in [-0.15, -0.1) is 0 Å². The molecule has 1 aromatic rings. The lowest BCUT2D eigenvalue weighted by Crippen LogP contribution is -2.34. The molecule has 0 aliphatic heterocycles. The molecule has 15 heavy (non-hydrogen) atoms. The van der Waals surface area contributed by atoms with Gasteiger partial charge in [-0.1, -0.05) is 19.9 Å². The second-order valence-corrected chi connectivity index (χ2v) is 3.80. The molecule has 0 bridgehead atoms. The van der Waals surface area contributed by atoms with E-state index in [9.17, 15) is 0 Å². The molecule has 0 aromatic heterocycles. The van der Waals surface area contributed by atoms with Crippen molar-refractivity contribution in [2.24, 2.45) is 11.6 Å². The van der Waals surface area contributed by atoms with Crippen LogP contribution in [-0.2, 0) is 0 Å². The summed E-state index contributed by atoms with van der Waals surface area (Å²) in [5, 5.41) is 0. The highest BCUT2D eigenvalue weighted by molar-refractivity contribution is 5.40. The van der Waals surface area contributed by atoms with E-state index in [-0.39, 0.29) is 0 Å². The molecule has 0 heterocycles. The van der Waals surface area contributed by atoms with Gasteiger partial charge in [-0.2, -0.15) is 0 Å². The Morgan fingerprint density at radius 1 is 1.33 bits per heavy atom. The van der Waals surface area contributed by atoms with Gasteiger partial charge < -0.3 is 10.5 Å². The van der Waals surface area contributed by atoms with Crippen molar-refractivity contribution in [3.05, 3.63) is 29.3 Å². The molecular formula is C11H19N3O. The smallest absolute Gasteiger partial charge is 0.125 e. The van der Waals surface area contributed by atoms with E-state index in [4.69, 9.17) is 16.3 Å². The summed E-state index contributed by atoms with van der Waals surface area (Å²) in [4.78, 5) is 0. The molecule has 1 rings (SSSR count). The van der Waals surface area contributed by atoms with Crippen molar-refractivity contribution in [1.29, 1.82) is 0 Å². The lowest BCUT2D eigenvalue weighted by Gasteiger charge is -2.17. The van der Waals surface area contributed by atoms with Crippen LogP contribution in [0.15, 0.2) is 18.2 Å². The fourth-order valence-electron chi connectivity index (χ4n) is 1.44. The average molecular weight is 209 g/mol. The first-order valence-corrected chi connectivity index (χ1v) is 4.99. The molecule has 0 aliphatic carbocycles. The normalized spacial score (nSPS) is 12.9. The van der Waals surface area contributed by atoms with Crippen molar-refractivity contribution in [2.75, 3.05) is 7.11 Å². The lowest BCUT2D eigenvalue weighted by atomic mass is 9.99. The van der Waals surface area contributed by atoms with Crippen molar-refractivity contribution in [3.8, 4) is 5.75 Å². The van der Waals surface area contributed by atoms with Gasteiger partial charge in [-0.05, 0) is 23.6 Å². The predicted octanol–water partition coefficient (Wildman–Crippen LogP) is 1.24. The van der Waals surface area contributed by atoms with Gasteiger partial charge in [0.25, 0.3) is 0 Å². The van der Waals surface area contributed by atoms with Gasteiger partial charge in [0.15, 0.2) is 0 Å². The fraction of sp³-hybridized carbons (Fsp3) is 0.455. The Bertz CT molecular complexity index is 326. The van der Waals surface area contributed by atoms with E-state index >= 15 is 0 Å². The Labute approximate surface area is 90.6 Å². The molecule has 0 saturated carbocycles. The van der Waals surface area contributed by atoms with Crippen LogP contribution in [0.1, 0.15) is 37.1 Å². The first-order valence-electron chi connectivity index (χ1n) is 4.99. The van der Waals surface area contributed by atoms with Crippen LogP contribution in [0.3, 0.4) is 0 Å². The molecule has 0 spiro atoms. The molecule has 1 atom stereocenters. The second-order valence-electron chi connectivity index (χ2n) is 3.80. The van der Waals surface area contributed by atoms with E-state index < -0.39 is 6.17 Å². The monoisotopic (exact) mass is 209 g/mol. The van der Waals surface area contributed by atoms with E-state index in [2.05, 4.69) is 19.3 Å². The van der Waals surface area contributed by atoms with Crippen molar-refractivity contribution in [1.82, 2.24) is 5.43 Å². The molecule has 4 nitrogen and oxygen atoms in total. The zero-order chi connectivity index (χ0) is 11.4. The van der Waals surface area contributed by atoms with Crippen molar-refractivity contribution in [3.63, 3.8) is 0 Å². The molecule has 0 radical (unpaired) electrons. The number of nitrogens with one attached hydrogen (secondary N) is 1. The average Bonchev–Trinajstić information content (AvgIpc) is 2.27. The summed E-state index contributed by atoms with van der Waals surface area (Å²) in [6.45, 7) is 4.26. The second kappa shape index (κ2) is 5.11. The maximum absolute atomic E-state index is 5.82. The van der Waals surface area contributed by atoms with Crippen LogP contribution >= 0.6 is 0 Å². The summed E-state index contributed by atoms with van der Waals surface area (Å²) in [6.07, 6.45) is -0.404. The summed E-state index contributed by atoms with van der Waals surface area (Å²) in [5.74, 6) is 6.54. The minimum Gasteiger partial charge on any atom is -0.496 e. The van der Waals surface area contributed by atoms with Crippen molar-refractivity contribution in [2.45, 2.75) is 25.9 Å². The Balaban J connectivity index is 3.13. The van der Waals surface area contributed by atoms with Gasteiger partial charge in [-0.3, -0.25) is 5.84 Å². The van der Waals surface area contributed by atoms with Gasteiger partial charge in [0, 0.05) is 5.56 Å². The number of hydrogen-bond acceptors (Lipinski definition) is 4. The highest BCUT2D eigenvalue weighted by Crippen LogP contribution is 2.26. The first-order chi connectivity index (χ1) is 7.10. The minimum absolute atomic E-state index is 0.404. The molecular weight excluding hydrogens is 190 g/mol.